The maximum Gasteiger partial charge on any atom is 0.169 e. The van der Waals surface area contributed by atoms with Gasteiger partial charge in [-0.15, -0.1) is 0 Å². The van der Waals surface area contributed by atoms with E-state index in [1.165, 1.54) is 0 Å². The monoisotopic (exact) mass is 299 g/mol. The molecule has 2 aromatic rings. The second kappa shape index (κ2) is 3.53. The van der Waals surface area contributed by atoms with Crippen molar-refractivity contribution >= 4 is 39.8 Å². The van der Waals surface area contributed by atoms with Gasteiger partial charge in [-0.25, -0.2) is 4.98 Å². The molecule has 1 heterocycles. The topological polar surface area (TPSA) is 50.2 Å². The number of pyridine rings is 1. The molecule has 3 nitrogen and oxygen atoms in total. The fourth-order valence-electron chi connectivity index (χ4n) is 1.25. The van der Waals surface area contributed by atoms with Crippen LogP contribution in [0.4, 0.5) is 0 Å². The van der Waals surface area contributed by atoms with Gasteiger partial charge in [0.2, 0.25) is 0 Å². The number of nitrogens with zero attached hydrogens (tertiary/aromatic N) is 1. The normalized spacial score (nSPS) is 10.4. The van der Waals surface area contributed by atoms with Gasteiger partial charge in [-0.3, -0.25) is 4.79 Å². The highest BCUT2D eigenvalue weighted by molar-refractivity contribution is 14.1. The minimum atomic E-state index is 0.0991. The van der Waals surface area contributed by atoms with Gasteiger partial charge in [0.05, 0.1) is 0 Å². The van der Waals surface area contributed by atoms with Crippen LogP contribution >= 0.6 is 22.6 Å². The van der Waals surface area contributed by atoms with Crippen molar-refractivity contribution in [1.29, 1.82) is 0 Å². The van der Waals surface area contributed by atoms with Crippen LogP contribution in [-0.2, 0) is 0 Å². The number of aldehydes is 1. The summed E-state index contributed by atoms with van der Waals surface area (Å²) in [5.74, 6) is 0.0991. The number of carbonyl (C=O) groups excluding carboxylic acids is 1. The molecule has 0 saturated carbocycles. The fraction of sp³-hybridized carbons (Fsp3) is 0. The van der Waals surface area contributed by atoms with Crippen molar-refractivity contribution in [2.75, 3.05) is 0 Å². The van der Waals surface area contributed by atoms with Crippen LogP contribution in [-0.4, -0.2) is 16.4 Å². The van der Waals surface area contributed by atoms with E-state index in [2.05, 4.69) is 4.98 Å². The number of para-hydroxylation sites is 1. The number of hydrogen-bond donors (Lipinski definition) is 1. The number of rotatable bonds is 1. The minimum absolute atomic E-state index is 0.0991. The van der Waals surface area contributed by atoms with Gasteiger partial charge in [-0.2, -0.15) is 0 Å². The summed E-state index contributed by atoms with van der Waals surface area (Å²) in [5, 5.41) is 10.3. The van der Waals surface area contributed by atoms with Crippen LogP contribution in [0.2, 0.25) is 0 Å². The Morgan fingerprint density at radius 3 is 2.93 bits per heavy atom. The highest BCUT2D eigenvalue weighted by Gasteiger charge is 2.05. The zero-order chi connectivity index (χ0) is 10.1. The Morgan fingerprint density at radius 2 is 2.21 bits per heavy atom. The first kappa shape index (κ1) is 9.39. The molecule has 14 heavy (non-hydrogen) atoms. The first-order chi connectivity index (χ1) is 6.72. The van der Waals surface area contributed by atoms with Gasteiger partial charge in [0, 0.05) is 8.96 Å². The Balaban J connectivity index is 2.86. The van der Waals surface area contributed by atoms with Crippen molar-refractivity contribution < 1.29 is 9.90 Å². The van der Waals surface area contributed by atoms with Gasteiger partial charge in [0.1, 0.15) is 17.0 Å². The molecule has 0 saturated heterocycles. The molecule has 0 unspecified atom stereocenters. The van der Waals surface area contributed by atoms with Gasteiger partial charge >= 0.3 is 0 Å². The SMILES string of the molecule is O=Cc1nc2c(O)cccc2cc1I. The molecular weight excluding hydrogens is 293 g/mol. The number of aromatic nitrogens is 1. The van der Waals surface area contributed by atoms with E-state index in [1.54, 1.807) is 12.1 Å². The van der Waals surface area contributed by atoms with Crippen molar-refractivity contribution in [3.05, 3.63) is 33.5 Å². The summed E-state index contributed by atoms with van der Waals surface area (Å²) in [6.07, 6.45) is 0.688. The molecule has 4 heteroatoms. The molecular formula is C10H6INO2. The number of fused-ring (bicyclic) bond motifs is 1. The molecule has 2 rings (SSSR count). The summed E-state index contributed by atoms with van der Waals surface area (Å²) >= 11 is 2.04. The van der Waals surface area contributed by atoms with Crippen LogP contribution in [0, 0.1) is 3.57 Å². The lowest BCUT2D eigenvalue weighted by Crippen LogP contribution is -1.92. The summed E-state index contributed by atoms with van der Waals surface area (Å²) in [5.41, 5.74) is 0.828. The van der Waals surface area contributed by atoms with E-state index in [1.807, 2.05) is 34.7 Å². The highest BCUT2D eigenvalue weighted by atomic mass is 127. The zero-order valence-electron chi connectivity index (χ0n) is 7.07. The molecule has 1 N–H and O–H groups in total. The highest BCUT2D eigenvalue weighted by Crippen LogP contribution is 2.24. The lowest BCUT2D eigenvalue weighted by Gasteiger charge is -2.02. The first-order valence-electron chi connectivity index (χ1n) is 3.96. The molecule has 0 spiro atoms. The van der Waals surface area contributed by atoms with Crippen LogP contribution in [0.1, 0.15) is 10.5 Å². The van der Waals surface area contributed by atoms with Crippen LogP contribution in [0.5, 0.6) is 5.75 Å². The van der Waals surface area contributed by atoms with Crippen LogP contribution in [0.25, 0.3) is 10.9 Å². The van der Waals surface area contributed by atoms with Crippen LogP contribution < -0.4 is 0 Å². The van der Waals surface area contributed by atoms with Gasteiger partial charge in [-0.05, 0) is 34.7 Å². The number of benzene rings is 1. The molecule has 0 fully saturated rings. The third-order valence-electron chi connectivity index (χ3n) is 1.92. The number of phenolic OH excluding ortho intramolecular Hbond substituents is 1. The molecule has 0 bridgehead atoms. The van der Waals surface area contributed by atoms with E-state index >= 15 is 0 Å². The Morgan fingerprint density at radius 1 is 1.43 bits per heavy atom. The van der Waals surface area contributed by atoms with E-state index in [0.717, 1.165) is 8.96 Å². The molecule has 1 aromatic heterocycles. The molecule has 0 aliphatic carbocycles. The number of phenols is 1. The van der Waals surface area contributed by atoms with Gasteiger partial charge < -0.3 is 5.11 Å². The first-order valence-corrected chi connectivity index (χ1v) is 5.03. The van der Waals surface area contributed by atoms with Gasteiger partial charge in [-0.1, -0.05) is 12.1 Å². The third-order valence-corrected chi connectivity index (χ3v) is 2.78. The Hall–Kier alpha value is -1.17. The van der Waals surface area contributed by atoms with Crippen molar-refractivity contribution in [3.63, 3.8) is 0 Å². The molecule has 0 radical (unpaired) electrons. The summed E-state index contributed by atoms with van der Waals surface area (Å²) in [6.45, 7) is 0. The van der Waals surface area contributed by atoms with E-state index in [0.29, 0.717) is 17.5 Å². The summed E-state index contributed by atoms with van der Waals surface area (Å²) in [4.78, 5) is 14.7. The summed E-state index contributed by atoms with van der Waals surface area (Å²) < 4.78 is 0.788. The molecule has 70 valence electrons. The smallest absolute Gasteiger partial charge is 0.169 e. The second-order valence-electron chi connectivity index (χ2n) is 2.82. The lowest BCUT2D eigenvalue weighted by atomic mass is 10.2. The van der Waals surface area contributed by atoms with Gasteiger partial charge in [0.15, 0.2) is 6.29 Å². The lowest BCUT2D eigenvalue weighted by molar-refractivity contribution is 0.111. The quantitative estimate of drug-likeness (QED) is 0.649. The number of carbonyl (C=O) groups is 1. The maximum absolute atomic E-state index is 10.6. The molecule has 0 aliphatic rings. The average molecular weight is 299 g/mol. The van der Waals surface area contributed by atoms with E-state index in [9.17, 15) is 9.90 Å². The number of aromatic hydroxyl groups is 1. The van der Waals surface area contributed by atoms with Crippen LogP contribution in [0.3, 0.4) is 0 Å². The van der Waals surface area contributed by atoms with E-state index in [4.69, 9.17) is 0 Å². The van der Waals surface area contributed by atoms with Gasteiger partial charge in [0.25, 0.3) is 0 Å². The fourth-order valence-corrected chi connectivity index (χ4v) is 1.84. The second-order valence-corrected chi connectivity index (χ2v) is 3.98. The Bertz CT molecular complexity index is 511. The predicted molar refractivity (Wildman–Crippen MR) is 61.5 cm³/mol. The van der Waals surface area contributed by atoms with Crippen LogP contribution in [0.15, 0.2) is 24.3 Å². The summed E-state index contributed by atoms with van der Waals surface area (Å²) in [6, 6.07) is 6.97. The van der Waals surface area contributed by atoms with Crippen molar-refractivity contribution in [3.8, 4) is 5.75 Å². The number of hydrogen-bond acceptors (Lipinski definition) is 3. The molecule has 0 atom stereocenters. The third kappa shape index (κ3) is 1.45. The van der Waals surface area contributed by atoms with Crippen molar-refractivity contribution in [2.45, 2.75) is 0 Å². The minimum Gasteiger partial charge on any atom is -0.506 e. The van der Waals surface area contributed by atoms with Crippen molar-refractivity contribution in [1.82, 2.24) is 4.98 Å². The van der Waals surface area contributed by atoms with Crippen molar-refractivity contribution in [2.24, 2.45) is 0 Å². The van der Waals surface area contributed by atoms with E-state index in [-0.39, 0.29) is 5.75 Å². The largest absolute Gasteiger partial charge is 0.506 e. The molecule has 1 aromatic carbocycles. The molecule has 0 aliphatic heterocycles. The molecule has 0 amide bonds. The number of halogens is 1. The van der Waals surface area contributed by atoms with E-state index < -0.39 is 0 Å². The predicted octanol–water partition coefficient (Wildman–Crippen LogP) is 2.36. The Labute approximate surface area is 93.9 Å². The maximum atomic E-state index is 10.6. The summed E-state index contributed by atoms with van der Waals surface area (Å²) in [7, 11) is 0. The standard InChI is InChI=1S/C10H6INO2/c11-7-4-6-2-1-3-9(14)10(6)12-8(7)5-13/h1-5,14H. The average Bonchev–Trinajstić information content (AvgIpc) is 2.17. The zero-order valence-corrected chi connectivity index (χ0v) is 9.22. The Kier molecular flexibility index (Phi) is 2.37.